The van der Waals surface area contributed by atoms with Crippen molar-refractivity contribution in [1.82, 2.24) is 0 Å². The van der Waals surface area contributed by atoms with Crippen LogP contribution in [0.5, 0.6) is 0 Å². The molecule has 2 nitrogen and oxygen atoms in total. The molecule has 0 radical (unpaired) electrons. The molecule has 4 heteroatoms. The molecule has 0 amide bonds. The Morgan fingerprint density at radius 3 is 2.33 bits per heavy atom. The first kappa shape index (κ1) is 12.3. The molecule has 0 heterocycles. The normalized spacial score (nSPS) is 11.6. The maximum atomic E-state index is 10.5. The zero-order valence-corrected chi connectivity index (χ0v) is 10.2. The van der Waals surface area contributed by atoms with Gasteiger partial charge in [0.1, 0.15) is 0 Å². The van der Waals surface area contributed by atoms with Gasteiger partial charge in [0, 0.05) is 0 Å². The summed E-state index contributed by atoms with van der Waals surface area (Å²) in [5.41, 5.74) is 0. The van der Waals surface area contributed by atoms with Gasteiger partial charge in [-0.3, -0.25) is 0 Å². The van der Waals surface area contributed by atoms with E-state index in [2.05, 4.69) is 4.74 Å². The summed E-state index contributed by atoms with van der Waals surface area (Å²) in [4.78, 5) is 10.5. The van der Waals surface area contributed by atoms with Gasteiger partial charge in [-0.25, -0.2) is 0 Å². The first-order valence-corrected chi connectivity index (χ1v) is 4.69. The summed E-state index contributed by atoms with van der Waals surface area (Å²) >= 11 is 1.16. The number of esters is 1. The molecule has 0 rings (SSSR count). The van der Waals surface area contributed by atoms with Crippen molar-refractivity contribution < 1.29 is 44.8 Å². The Labute approximate surface area is 75.8 Å². The summed E-state index contributed by atoms with van der Waals surface area (Å²) in [6, 6.07) is 0. The molecule has 0 bridgehead atoms. The fraction of sp³-hybridized carbons (Fsp3) is 0.800. The minimum absolute atomic E-state index is 0. The molecule has 9 heavy (non-hydrogen) atoms. The molecular weight excluding hydrogens is 237 g/mol. The van der Waals surface area contributed by atoms with Gasteiger partial charge in [-0.2, -0.15) is 0 Å². The summed E-state index contributed by atoms with van der Waals surface area (Å²) < 4.78 is 4.48. The molecule has 0 fully saturated rings. The minimum Gasteiger partial charge on any atom is -1.00 e. The van der Waals surface area contributed by atoms with Crippen LogP contribution in [0.25, 0.3) is 0 Å². The van der Waals surface area contributed by atoms with E-state index in [1.54, 1.807) is 0 Å². The second-order valence-electron chi connectivity index (χ2n) is 1.71. The number of rotatable bonds is 2. The van der Waals surface area contributed by atoms with Crippen LogP contribution in [0.3, 0.4) is 0 Å². The van der Waals surface area contributed by atoms with Crippen LogP contribution >= 0.6 is 0 Å². The van der Waals surface area contributed by atoms with E-state index in [-0.39, 0.29) is 28.9 Å². The third-order valence-corrected chi connectivity index (χ3v) is 2.85. The van der Waals surface area contributed by atoms with Crippen molar-refractivity contribution in [3.8, 4) is 0 Å². The summed E-state index contributed by atoms with van der Waals surface area (Å²) in [5.74, 6) is 0.0243. The first-order chi connectivity index (χ1) is 3.72. The Morgan fingerprint density at radius 2 is 2.22 bits per heavy atom. The summed E-state index contributed by atoms with van der Waals surface area (Å²) in [6.07, 6.45) is 0. The minimum atomic E-state index is -0.0868. The van der Waals surface area contributed by atoms with Gasteiger partial charge < -0.3 is 17.0 Å². The van der Waals surface area contributed by atoms with Crippen LogP contribution in [-0.4, -0.2) is 13.1 Å². The van der Waals surface area contributed by atoms with Gasteiger partial charge in [-0.15, -0.1) is 0 Å². The zero-order chi connectivity index (χ0) is 6.57. The van der Waals surface area contributed by atoms with Crippen molar-refractivity contribution in [3.63, 3.8) is 0 Å². The molecule has 0 N–H and O–H groups in total. The van der Waals surface area contributed by atoms with Crippen LogP contribution in [0, 0.1) is 5.92 Å². The van der Waals surface area contributed by atoms with Crippen LogP contribution in [0.2, 0.25) is 5.02 Å². The Balaban J connectivity index is 0. The van der Waals surface area contributed by atoms with Crippen molar-refractivity contribution in [3.05, 3.63) is 0 Å². The summed E-state index contributed by atoms with van der Waals surface area (Å²) in [7, 11) is 1.43. The van der Waals surface area contributed by atoms with Gasteiger partial charge in [0.2, 0.25) is 0 Å². The molecule has 0 spiro atoms. The van der Waals surface area contributed by atoms with Crippen molar-refractivity contribution in [2.45, 2.75) is 11.9 Å². The Kier molecular flexibility index (Phi) is 9.12. The number of carbonyl (C=O) groups excluding carboxylic acids is 1. The third-order valence-electron chi connectivity index (χ3n) is 1.04. The maximum Gasteiger partial charge on any atom is -1.00 e. The number of hydrogen-bond donors (Lipinski definition) is 0. The number of carbonyl (C=O) groups is 1. The van der Waals surface area contributed by atoms with E-state index in [1.165, 1.54) is 7.11 Å². The zero-order valence-electron chi connectivity index (χ0n) is 5.69. The van der Waals surface area contributed by atoms with Crippen molar-refractivity contribution in [2.75, 3.05) is 7.11 Å². The van der Waals surface area contributed by atoms with Gasteiger partial charge in [0.05, 0.1) is 0 Å². The van der Waals surface area contributed by atoms with Crippen LogP contribution < -0.4 is 17.0 Å². The summed E-state index contributed by atoms with van der Waals surface area (Å²) in [5, 5.41) is 0.979. The average Bonchev–Trinajstić information content (AvgIpc) is 1.84. The molecule has 0 aromatic rings. The predicted molar refractivity (Wildman–Crippen MR) is 26.0 cm³/mol. The van der Waals surface area contributed by atoms with E-state index in [9.17, 15) is 4.79 Å². The van der Waals surface area contributed by atoms with Crippen LogP contribution in [0.15, 0.2) is 0 Å². The van der Waals surface area contributed by atoms with E-state index in [4.69, 9.17) is 0 Å². The van der Waals surface area contributed by atoms with Crippen molar-refractivity contribution in [1.29, 1.82) is 0 Å². The summed E-state index contributed by atoms with van der Waals surface area (Å²) in [6.45, 7) is 1.88. The van der Waals surface area contributed by atoms with Gasteiger partial charge in [0.25, 0.3) is 0 Å². The molecule has 0 aliphatic rings. The van der Waals surface area contributed by atoms with E-state index in [0.717, 1.165) is 23.3 Å². The van der Waals surface area contributed by atoms with Gasteiger partial charge >= 0.3 is 58.8 Å². The Bertz CT molecular complexity index is 87.0. The van der Waals surface area contributed by atoms with E-state index < -0.39 is 0 Å². The second-order valence-corrected chi connectivity index (χ2v) is 2.92. The molecule has 0 aromatic carbocycles. The number of methoxy groups -OCH3 is 1. The standard InChI is InChI=1S/C5H9O2.BrH.Zn/c1-4(2)5(6)7-3;;/h4H,1H2,2-3H3;1H;/q;;+1/p-1/t4-;;/m0../s1. The average molecular weight is 246 g/mol. The van der Waals surface area contributed by atoms with Gasteiger partial charge in [-0.05, 0) is 0 Å². The molecule has 0 aromatic heterocycles. The molecule has 50 valence electrons. The van der Waals surface area contributed by atoms with Gasteiger partial charge in [0.15, 0.2) is 0 Å². The molecule has 0 aliphatic carbocycles. The van der Waals surface area contributed by atoms with E-state index in [1.807, 2.05) is 6.92 Å². The fourth-order valence-electron chi connectivity index (χ4n) is 0.319. The van der Waals surface area contributed by atoms with Crippen molar-refractivity contribution >= 4 is 5.97 Å². The van der Waals surface area contributed by atoms with Gasteiger partial charge in [-0.1, -0.05) is 0 Å². The predicted octanol–water partition coefficient (Wildman–Crippen LogP) is -2.24. The third kappa shape index (κ3) is 5.04. The van der Waals surface area contributed by atoms with Crippen molar-refractivity contribution in [2.24, 2.45) is 5.92 Å². The molecule has 0 unspecified atom stereocenters. The number of halogens is 1. The number of hydrogen-bond acceptors (Lipinski definition) is 2. The van der Waals surface area contributed by atoms with Crippen LogP contribution in [-0.2, 0) is 27.8 Å². The first-order valence-electron chi connectivity index (χ1n) is 2.59. The maximum absolute atomic E-state index is 10.5. The second kappa shape index (κ2) is 6.69. The SMILES string of the molecule is COC(=O)[C@H](C)[CH2][Zn+].[Br-]. The fourth-order valence-corrected chi connectivity index (χ4v) is 0.814. The van der Waals surface area contributed by atoms with Crippen LogP contribution in [0.1, 0.15) is 6.92 Å². The topological polar surface area (TPSA) is 26.3 Å². The molecule has 0 saturated heterocycles. The molecule has 0 saturated carbocycles. The molecule has 0 aliphatic heterocycles. The molecule has 1 atom stereocenters. The Morgan fingerprint density at radius 1 is 1.78 bits per heavy atom. The van der Waals surface area contributed by atoms with E-state index >= 15 is 0 Å². The molecular formula is C5H9BrO2Zn. The Hall–Kier alpha value is 0.573. The largest absolute Gasteiger partial charge is 1.00 e. The van der Waals surface area contributed by atoms with Crippen LogP contribution in [0.4, 0.5) is 0 Å². The quantitative estimate of drug-likeness (QED) is 0.407. The van der Waals surface area contributed by atoms with E-state index in [0.29, 0.717) is 0 Å². The monoisotopic (exact) mass is 244 g/mol. The smallest absolute Gasteiger partial charge is 1.00 e. The number of ether oxygens (including phenoxy) is 1.